The van der Waals surface area contributed by atoms with E-state index in [9.17, 15) is 0 Å². The van der Waals surface area contributed by atoms with E-state index in [4.69, 9.17) is 0 Å². The van der Waals surface area contributed by atoms with E-state index >= 15 is 0 Å². The third kappa shape index (κ3) is 11.9. The zero-order chi connectivity index (χ0) is 18.2. The summed E-state index contributed by atoms with van der Waals surface area (Å²) >= 11 is 0. The molecular formula is C24H38. The molecule has 134 valence electrons. The lowest BCUT2D eigenvalue weighted by molar-refractivity contribution is 0.814. The molecule has 0 fully saturated rings. The molecule has 0 aliphatic heterocycles. The van der Waals surface area contributed by atoms with Gasteiger partial charge in [0.2, 0.25) is 0 Å². The zero-order valence-corrected chi connectivity index (χ0v) is 16.9. The van der Waals surface area contributed by atoms with Crippen LogP contribution in [-0.4, -0.2) is 0 Å². The van der Waals surface area contributed by atoms with Crippen LogP contribution in [0, 0.1) is 0 Å². The SMILES string of the molecule is CCCC/C=C/C(/C=C/C=C/C(/C=C/CCCC)=C(C)C)=C(C)C. The standard InChI is InChI=1S/C24H38/c1-7-9-11-13-17-23(21(3)4)19-15-16-20-24(22(5)6)18-14-12-10-8-2/h13-20H,7-12H2,1-6H3/b17-13+,18-14+,19-15+,20-16+. The van der Waals surface area contributed by atoms with E-state index < -0.39 is 0 Å². The first kappa shape index (κ1) is 22.4. The Morgan fingerprint density at radius 2 is 0.958 bits per heavy atom. The van der Waals surface area contributed by atoms with Crippen molar-refractivity contribution in [1.82, 2.24) is 0 Å². The number of hydrogen-bond donors (Lipinski definition) is 0. The number of unbranched alkanes of at least 4 members (excludes halogenated alkanes) is 4. The van der Waals surface area contributed by atoms with Crippen LogP contribution in [0.15, 0.2) is 70.9 Å². The summed E-state index contributed by atoms with van der Waals surface area (Å²) in [7, 11) is 0. The molecule has 0 unspecified atom stereocenters. The van der Waals surface area contributed by atoms with Crippen molar-refractivity contribution in [2.24, 2.45) is 0 Å². The van der Waals surface area contributed by atoms with Crippen molar-refractivity contribution in [3.8, 4) is 0 Å². The predicted molar refractivity (Wildman–Crippen MR) is 112 cm³/mol. The van der Waals surface area contributed by atoms with Crippen molar-refractivity contribution in [3.05, 3.63) is 70.9 Å². The lowest BCUT2D eigenvalue weighted by Gasteiger charge is -1.99. The Kier molecular flexibility index (Phi) is 14.0. The fourth-order valence-electron chi connectivity index (χ4n) is 2.16. The van der Waals surface area contributed by atoms with Gasteiger partial charge in [0.15, 0.2) is 0 Å². The van der Waals surface area contributed by atoms with Gasteiger partial charge in [-0.15, -0.1) is 0 Å². The monoisotopic (exact) mass is 326 g/mol. The van der Waals surface area contributed by atoms with Crippen molar-refractivity contribution < 1.29 is 0 Å². The van der Waals surface area contributed by atoms with Crippen LogP contribution in [-0.2, 0) is 0 Å². The molecule has 0 aliphatic carbocycles. The Bertz CT molecular complexity index is 448. The van der Waals surface area contributed by atoms with Crippen molar-refractivity contribution >= 4 is 0 Å². The van der Waals surface area contributed by atoms with Crippen molar-refractivity contribution in [2.75, 3.05) is 0 Å². The van der Waals surface area contributed by atoms with Crippen LogP contribution in [0.2, 0.25) is 0 Å². The van der Waals surface area contributed by atoms with Gasteiger partial charge in [-0.25, -0.2) is 0 Å². The minimum atomic E-state index is 1.17. The van der Waals surface area contributed by atoms with Crippen LogP contribution >= 0.6 is 0 Å². The highest BCUT2D eigenvalue weighted by molar-refractivity contribution is 5.39. The summed E-state index contributed by atoms with van der Waals surface area (Å²) in [6.45, 7) is 13.2. The molecule has 0 saturated heterocycles. The smallest absolute Gasteiger partial charge is 0.0273 e. The van der Waals surface area contributed by atoms with Crippen LogP contribution in [0.5, 0.6) is 0 Å². The summed E-state index contributed by atoms with van der Waals surface area (Å²) in [5.74, 6) is 0. The zero-order valence-electron chi connectivity index (χ0n) is 16.9. The Morgan fingerprint density at radius 1 is 0.583 bits per heavy atom. The average Bonchev–Trinajstić information content (AvgIpc) is 2.54. The topological polar surface area (TPSA) is 0 Å². The lowest BCUT2D eigenvalue weighted by Crippen LogP contribution is -1.79. The highest BCUT2D eigenvalue weighted by atomic mass is 14.0. The molecular weight excluding hydrogens is 288 g/mol. The largest absolute Gasteiger partial charge is 0.0839 e. The molecule has 24 heavy (non-hydrogen) atoms. The second kappa shape index (κ2) is 15.0. The normalized spacial score (nSPS) is 12.1. The van der Waals surface area contributed by atoms with Crippen LogP contribution < -0.4 is 0 Å². The van der Waals surface area contributed by atoms with Gasteiger partial charge in [0.1, 0.15) is 0 Å². The number of hydrogen-bond acceptors (Lipinski definition) is 0. The number of rotatable bonds is 11. The minimum Gasteiger partial charge on any atom is -0.0839 e. The Hall–Kier alpha value is -1.56. The fraction of sp³-hybridized carbons (Fsp3) is 0.500. The third-order valence-electron chi connectivity index (χ3n) is 3.86. The van der Waals surface area contributed by atoms with Gasteiger partial charge in [-0.3, -0.25) is 0 Å². The molecule has 0 nitrogen and oxygen atoms in total. The van der Waals surface area contributed by atoms with Gasteiger partial charge >= 0.3 is 0 Å². The molecule has 0 atom stereocenters. The summed E-state index contributed by atoms with van der Waals surface area (Å²) < 4.78 is 0. The summed E-state index contributed by atoms with van der Waals surface area (Å²) in [6, 6.07) is 0. The second-order valence-corrected chi connectivity index (χ2v) is 6.72. The van der Waals surface area contributed by atoms with Crippen molar-refractivity contribution in [1.29, 1.82) is 0 Å². The van der Waals surface area contributed by atoms with Gasteiger partial charge in [0.05, 0.1) is 0 Å². The molecule has 0 bridgehead atoms. The molecule has 0 radical (unpaired) electrons. The van der Waals surface area contributed by atoms with E-state index in [-0.39, 0.29) is 0 Å². The van der Waals surface area contributed by atoms with Gasteiger partial charge in [-0.05, 0) is 51.7 Å². The third-order valence-corrected chi connectivity index (χ3v) is 3.86. The Labute approximate surface area is 151 Å². The molecule has 0 heterocycles. The average molecular weight is 327 g/mol. The maximum Gasteiger partial charge on any atom is -0.0273 e. The fourth-order valence-corrected chi connectivity index (χ4v) is 2.16. The molecule has 0 amide bonds. The molecule has 0 aliphatic rings. The summed E-state index contributed by atoms with van der Waals surface area (Å²) in [5, 5.41) is 0. The van der Waals surface area contributed by atoms with Gasteiger partial charge in [-0.2, -0.15) is 0 Å². The first-order chi connectivity index (χ1) is 11.5. The molecule has 0 aromatic carbocycles. The predicted octanol–water partition coefficient (Wildman–Crippen LogP) is 8.26. The highest BCUT2D eigenvalue weighted by Crippen LogP contribution is 2.11. The van der Waals surface area contributed by atoms with E-state index in [2.05, 4.69) is 90.2 Å². The minimum absolute atomic E-state index is 1.17. The van der Waals surface area contributed by atoms with Crippen LogP contribution in [0.3, 0.4) is 0 Å². The maximum atomic E-state index is 2.29. The summed E-state index contributed by atoms with van der Waals surface area (Å²) in [4.78, 5) is 0. The molecule has 0 spiro atoms. The molecule has 0 rings (SSSR count). The Balaban J connectivity index is 4.79. The highest BCUT2D eigenvalue weighted by Gasteiger charge is 1.91. The lowest BCUT2D eigenvalue weighted by atomic mass is 10.1. The van der Waals surface area contributed by atoms with Crippen molar-refractivity contribution in [2.45, 2.75) is 80.1 Å². The van der Waals surface area contributed by atoms with Gasteiger partial charge < -0.3 is 0 Å². The molecule has 0 aromatic heterocycles. The van der Waals surface area contributed by atoms with Crippen LogP contribution in [0.25, 0.3) is 0 Å². The van der Waals surface area contributed by atoms with E-state index in [1.165, 1.54) is 60.8 Å². The van der Waals surface area contributed by atoms with Crippen LogP contribution in [0.4, 0.5) is 0 Å². The molecule has 0 aromatic rings. The quantitative estimate of drug-likeness (QED) is 0.265. The van der Waals surface area contributed by atoms with Gasteiger partial charge in [-0.1, -0.05) is 99.3 Å². The van der Waals surface area contributed by atoms with E-state index in [0.717, 1.165) is 0 Å². The maximum absolute atomic E-state index is 2.29. The molecule has 0 N–H and O–H groups in total. The summed E-state index contributed by atoms with van der Waals surface area (Å²) in [5.41, 5.74) is 5.34. The summed E-state index contributed by atoms with van der Waals surface area (Å²) in [6.07, 6.45) is 25.2. The first-order valence-electron chi connectivity index (χ1n) is 9.55. The van der Waals surface area contributed by atoms with E-state index in [1.54, 1.807) is 0 Å². The van der Waals surface area contributed by atoms with Gasteiger partial charge in [0, 0.05) is 0 Å². The molecule has 0 saturated carbocycles. The second-order valence-electron chi connectivity index (χ2n) is 6.72. The first-order valence-corrected chi connectivity index (χ1v) is 9.55. The van der Waals surface area contributed by atoms with E-state index in [1.807, 2.05) is 0 Å². The Morgan fingerprint density at radius 3 is 1.25 bits per heavy atom. The van der Waals surface area contributed by atoms with E-state index in [0.29, 0.717) is 0 Å². The van der Waals surface area contributed by atoms with Gasteiger partial charge in [0.25, 0.3) is 0 Å². The number of allylic oxidation sites excluding steroid dienone is 12. The molecule has 0 heteroatoms. The van der Waals surface area contributed by atoms with Crippen LogP contribution in [0.1, 0.15) is 80.1 Å². The van der Waals surface area contributed by atoms with Crippen molar-refractivity contribution in [3.63, 3.8) is 0 Å².